The summed E-state index contributed by atoms with van der Waals surface area (Å²) < 4.78 is 0. The molecule has 1 aromatic carbocycles. The van der Waals surface area contributed by atoms with E-state index in [1.807, 2.05) is 19.2 Å². The zero-order valence-corrected chi connectivity index (χ0v) is 17.1. The molecule has 7 nitrogen and oxygen atoms in total. The molecule has 0 bridgehead atoms. The van der Waals surface area contributed by atoms with E-state index in [2.05, 4.69) is 21.6 Å². The van der Waals surface area contributed by atoms with Crippen molar-refractivity contribution in [2.45, 2.75) is 51.2 Å². The molecule has 0 spiro atoms. The van der Waals surface area contributed by atoms with Crippen molar-refractivity contribution >= 4 is 17.7 Å². The van der Waals surface area contributed by atoms with Gasteiger partial charge >= 0.3 is 0 Å². The number of amides is 3. The molecule has 1 aromatic rings. The largest absolute Gasteiger partial charge is 0.322 e. The molecule has 2 N–H and O–H groups in total. The number of hydrogen-bond donors (Lipinski definition) is 2. The molecule has 1 atom stereocenters. The number of carbonyl (C=O) groups is 3. The lowest BCUT2D eigenvalue weighted by atomic mass is 9.93. The fraction of sp³-hybridized carbons (Fsp3) is 0.591. The molecule has 3 heterocycles. The molecule has 2 saturated heterocycles. The van der Waals surface area contributed by atoms with Gasteiger partial charge in [-0.25, -0.2) is 0 Å². The molecule has 3 aliphatic rings. The van der Waals surface area contributed by atoms with Crippen molar-refractivity contribution < 1.29 is 14.4 Å². The van der Waals surface area contributed by atoms with Gasteiger partial charge in [0.2, 0.25) is 11.8 Å². The summed E-state index contributed by atoms with van der Waals surface area (Å²) in [6.07, 6.45) is 4.39. The highest BCUT2D eigenvalue weighted by molar-refractivity contribution is 6.05. The van der Waals surface area contributed by atoms with E-state index in [0.29, 0.717) is 18.5 Å². The number of nitrogens with one attached hydrogen (secondary N) is 2. The number of nitrogens with zero attached hydrogens (tertiary/aromatic N) is 2. The lowest BCUT2D eigenvalue weighted by Crippen LogP contribution is -2.52. The van der Waals surface area contributed by atoms with Gasteiger partial charge in [-0.3, -0.25) is 24.6 Å². The Morgan fingerprint density at radius 3 is 2.66 bits per heavy atom. The first-order valence-electron chi connectivity index (χ1n) is 10.7. The molecule has 3 aliphatic heterocycles. The van der Waals surface area contributed by atoms with Gasteiger partial charge < -0.3 is 10.2 Å². The average molecular weight is 399 g/mol. The third kappa shape index (κ3) is 4.36. The summed E-state index contributed by atoms with van der Waals surface area (Å²) in [7, 11) is 2.01. The van der Waals surface area contributed by atoms with Gasteiger partial charge in [0.05, 0.1) is 0 Å². The molecule has 3 amide bonds. The van der Waals surface area contributed by atoms with Crippen molar-refractivity contribution in [3.63, 3.8) is 0 Å². The second-order valence-corrected chi connectivity index (χ2v) is 8.50. The predicted molar refractivity (Wildman–Crippen MR) is 109 cm³/mol. The van der Waals surface area contributed by atoms with Crippen LogP contribution in [0.1, 0.15) is 53.6 Å². The minimum atomic E-state index is -0.548. The van der Waals surface area contributed by atoms with E-state index < -0.39 is 6.04 Å². The van der Waals surface area contributed by atoms with Crippen LogP contribution in [0.15, 0.2) is 18.2 Å². The highest BCUT2D eigenvalue weighted by atomic mass is 16.2. The minimum absolute atomic E-state index is 0.0953. The Bertz CT molecular complexity index is 801. The van der Waals surface area contributed by atoms with E-state index in [4.69, 9.17) is 0 Å². The summed E-state index contributed by atoms with van der Waals surface area (Å²) in [5.41, 5.74) is 2.82. The number of imide groups is 1. The summed E-state index contributed by atoms with van der Waals surface area (Å²) in [6, 6.07) is 5.57. The fourth-order valence-corrected chi connectivity index (χ4v) is 4.74. The van der Waals surface area contributed by atoms with Gasteiger partial charge in [-0.15, -0.1) is 0 Å². The normalized spacial score (nSPS) is 23.4. The predicted octanol–water partition coefficient (Wildman–Crippen LogP) is 1.27. The Morgan fingerprint density at radius 1 is 1.14 bits per heavy atom. The maximum Gasteiger partial charge on any atom is 0.255 e. The molecular weight excluding hydrogens is 368 g/mol. The van der Waals surface area contributed by atoms with E-state index in [1.165, 1.54) is 19.3 Å². The number of rotatable bonds is 6. The van der Waals surface area contributed by atoms with Crippen LogP contribution < -0.4 is 10.6 Å². The zero-order chi connectivity index (χ0) is 20.4. The van der Waals surface area contributed by atoms with Crippen molar-refractivity contribution in [2.24, 2.45) is 5.92 Å². The molecule has 4 rings (SSSR count). The van der Waals surface area contributed by atoms with Crippen molar-refractivity contribution in [1.82, 2.24) is 20.4 Å². The molecule has 0 radical (unpaired) electrons. The molecule has 1 unspecified atom stereocenters. The van der Waals surface area contributed by atoms with Gasteiger partial charge in [0, 0.05) is 25.1 Å². The third-order valence-corrected chi connectivity index (χ3v) is 6.51. The topological polar surface area (TPSA) is 81.8 Å². The number of fused-ring (bicyclic) bond motifs is 1. The molecule has 0 aliphatic carbocycles. The van der Waals surface area contributed by atoms with Gasteiger partial charge in [-0.1, -0.05) is 12.1 Å². The highest BCUT2D eigenvalue weighted by Gasteiger charge is 2.39. The second kappa shape index (κ2) is 8.63. The Balaban J connectivity index is 1.37. The molecular formula is C22H30N4O3. The van der Waals surface area contributed by atoms with Crippen LogP contribution in [0.25, 0.3) is 0 Å². The molecule has 29 heavy (non-hydrogen) atoms. The Hall–Kier alpha value is -2.25. The van der Waals surface area contributed by atoms with Crippen molar-refractivity contribution in [3.05, 3.63) is 34.9 Å². The Kier molecular flexibility index (Phi) is 5.96. The molecule has 2 fully saturated rings. The second-order valence-electron chi connectivity index (χ2n) is 8.50. The van der Waals surface area contributed by atoms with E-state index >= 15 is 0 Å². The number of likely N-dealkylation sites (tertiary alicyclic amines) is 1. The Labute approximate surface area is 171 Å². The summed E-state index contributed by atoms with van der Waals surface area (Å²) in [5, 5.41) is 5.59. The maximum atomic E-state index is 13.0. The van der Waals surface area contributed by atoms with Crippen LogP contribution >= 0.6 is 0 Å². The van der Waals surface area contributed by atoms with Crippen molar-refractivity contribution in [3.8, 4) is 0 Å². The van der Waals surface area contributed by atoms with Crippen LogP contribution in [0.2, 0.25) is 0 Å². The maximum absolute atomic E-state index is 13.0. The first-order valence-corrected chi connectivity index (χ1v) is 10.7. The SMILES string of the molecule is CNCCC1CCN(Cc2ccc3c(c2)C(=O)N(C2CCC(=O)NC2=O)C3)CC1. The van der Waals surface area contributed by atoms with Gasteiger partial charge in [-0.2, -0.15) is 0 Å². The van der Waals surface area contributed by atoms with Crippen LogP contribution in [0.4, 0.5) is 0 Å². The summed E-state index contributed by atoms with van der Waals surface area (Å²) in [5.74, 6) is 0.0979. The van der Waals surface area contributed by atoms with Gasteiger partial charge in [0.25, 0.3) is 5.91 Å². The Morgan fingerprint density at radius 2 is 1.93 bits per heavy atom. The average Bonchev–Trinajstić information content (AvgIpc) is 3.03. The van der Waals surface area contributed by atoms with Crippen LogP contribution in [-0.2, 0) is 22.7 Å². The van der Waals surface area contributed by atoms with E-state index in [9.17, 15) is 14.4 Å². The summed E-state index contributed by atoms with van der Waals surface area (Å²) in [4.78, 5) is 40.6. The van der Waals surface area contributed by atoms with Crippen molar-refractivity contribution in [1.29, 1.82) is 0 Å². The minimum Gasteiger partial charge on any atom is -0.322 e. The van der Waals surface area contributed by atoms with Crippen LogP contribution in [-0.4, -0.2) is 60.2 Å². The number of hydrogen-bond acceptors (Lipinski definition) is 5. The third-order valence-electron chi connectivity index (χ3n) is 6.51. The highest BCUT2D eigenvalue weighted by Crippen LogP contribution is 2.29. The van der Waals surface area contributed by atoms with Gasteiger partial charge in [0.15, 0.2) is 0 Å². The molecule has 7 heteroatoms. The van der Waals surface area contributed by atoms with Gasteiger partial charge in [0.1, 0.15) is 6.04 Å². The zero-order valence-electron chi connectivity index (χ0n) is 17.1. The quantitative estimate of drug-likeness (QED) is 0.706. The number of carbonyl (C=O) groups excluding carboxylic acids is 3. The summed E-state index contributed by atoms with van der Waals surface area (Å²) in [6.45, 7) is 4.58. The van der Waals surface area contributed by atoms with E-state index in [0.717, 1.165) is 43.2 Å². The fourth-order valence-electron chi connectivity index (χ4n) is 4.74. The standard InChI is InChI=1S/C22H30N4O3/c1-23-9-6-15-7-10-25(11-8-15)13-16-2-3-17-14-26(22(29)18(17)12-16)19-4-5-20(27)24-21(19)28/h2-3,12,15,19,23H,4-11,13-14H2,1H3,(H,24,27,28). The monoisotopic (exact) mass is 398 g/mol. The van der Waals surface area contributed by atoms with Crippen LogP contribution in [0.3, 0.4) is 0 Å². The van der Waals surface area contributed by atoms with Crippen LogP contribution in [0, 0.1) is 5.92 Å². The van der Waals surface area contributed by atoms with Gasteiger partial charge in [-0.05, 0) is 75.5 Å². The first-order chi connectivity index (χ1) is 14.0. The van der Waals surface area contributed by atoms with E-state index in [1.54, 1.807) is 4.90 Å². The summed E-state index contributed by atoms with van der Waals surface area (Å²) >= 11 is 0. The number of piperidine rings is 2. The van der Waals surface area contributed by atoms with Crippen molar-refractivity contribution in [2.75, 3.05) is 26.7 Å². The first kappa shape index (κ1) is 20.0. The lowest BCUT2D eigenvalue weighted by molar-refractivity contribution is -0.136. The smallest absolute Gasteiger partial charge is 0.255 e. The number of benzene rings is 1. The molecule has 0 aromatic heterocycles. The van der Waals surface area contributed by atoms with E-state index in [-0.39, 0.29) is 24.1 Å². The van der Waals surface area contributed by atoms with Crippen LogP contribution in [0.5, 0.6) is 0 Å². The molecule has 0 saturated carbocycles. The lowest BCUT2D eigenvalue weighted by Gasteiger charge is -2.32. The molecule has 156 valence electrons.